The number of hydrogen-bond donors (Lipinski definition) is 2. The minimum Gasteiger partial charge on any atom is -0.351 e. The molecular weight excluding hydrogens is 340 g/mol. The van der Waals surface area contributed by atoms with Crippen molar-refractivity contribution in [2.24, 2.45) is 0 Å². The molecule has 0 unspecified atom stereocenters. The van der Waals surface area contributed by atoms with Crippen LogP contribution in [-0.4, -0.2) is 42.9 Å². The summed E-state index contributed by atoms with van der Waals surface area (Å²) < 4.78 is 0. The van der Waals surface area contributed by atoms with E-state index in [4.69, 9.17) is 5.26 Å². The van der Waals surface area contributed by atoms with E-state index >= 15 is 0 Å². The number of benzene rings is 2. The monoisotopic (exact) mass is 364 g/mol. The van der Waals surface area contributed by atoms with E-state index in [0.717, 1.165) is 19.6 Å². The van der Waals surface area contributed by atoms with Crippen molar-refractivity contribution in [2.45, 2.75) is 13.8 Å². The summed E-state index contributed by atoms with van der Waals surface area (Å²) in [5, 5.41) is 14.6. The van der Waals surface area contributed by atoms with E-state index in [2.05, 4.69) is 29.4 Å². The lowest BCUT2D eigenvalue weighted by Crippen LogP contribution is -2.34. The Kier molecular flexibility index (Phi) is 7.53. The van der Waals surface area contributed by atoms with E-state index in [1.54, 1.807) is 42.5 Å². The van der Waals surface area contributed by atoms with Gasteiger partial charge in [-0.1, -0.05) is 19.9 Å². The van der Waals surface area contributed by atoms with Gasteiger partial charge in [-0.3, -0.25) is 9.59 Å². The van der Waals surface area contributed by atoms with Crippen LogP contribution in [0.4, 0.5) is 5.69 Å². The maximum absolute atomic E-state index is 12.3. The zero-order chi connectivity index (χ0) is 19.6. The molecule has 0 atom stereocenters. The average molecular weight is 364 g/mol. The molecule has 27 heavy (non-hydrogen) atoms. The normalized spacial score (nSPS) is 10.3. The van der Waals surface area contributed by atoms with Crippen molar-refractivity contribution in [3.05, 3.63) is 65.2 Å². The van der Waals surface area contributed by atoms with Crippen LogP contribution >= 0.6 is 0 Å². The number of amides is 2. The summed E-state index contributed by atoms with van der Waals surface area (Å²) in [7, 11) is 0. The van der Waals surface area contributed by atoms with Gasteiger partial charge in [-0.25, -0.2) is 0 Å². The SMILES string of the molecule is CCN(CC)CCNC(=O)c1ccc(NC(=O)c2cccc(C#N)c2)cc1. The van der Waals surface area contributed by atoms with Crippen LogP contribution in [0, 0.1) is 11.3 Å². The highest BCUT2D eigenvalue weighted by Gasteiger charge is 2.09. The molecule has 0 heterocycles. The van der Waals surface area contributed by atoms with Crippen LogP contribution in [0.25, 0.3) is 0 Å². The Labute approximate surface area is 159 Å². The van der Waals surface area contributed by atoms with Crippen LogP contribution in [0.15, 0.2) is 48.5 Å². The molecule has 140 valence electrons. The zero-order valence-corrected chi connectivity index (χ0v) is 15.7. The quantitative estimate of drug-likeness (QED) is 0.754. The first-order valence-electron chi connectivity index (χ1n) is 8.99. The average Bonchev–Trinajstić information content (AvgIpc) is 2.71. The van der Waals surface area contributed by atoms with Crippen molar-refractivity contribution in [1.29, 1.82) is 5.26 Å². The van der Waals surface area contributed by atoms with Gasteiger partial charge < -0.3 is 15.5 Å². The second-order valence-electron chi connectivity index (χ2n) is 6.01. The molecule has 0 bridgehead atoms. The number of carbonyl (C=O) groups is 2. The fraction of sp³-hybridized carbons (Fsp3) is 0.286. The van der Waals surface area contributed by atoms with Crippen molar-refractivity contribution in [1.82, 2.24) is 10.2 Å². The number of likely N-dealkylation sites (N-methyl/N-ethyl adjacent to an activating group) is 1. The molecule has 0 aliphatic carbocycles. The molecular formula is C21H24N4O2. The fourth-order valence-corrected chi connectivity index (χ4v) is 2.61. The van der Waals surface area contributed by atoms with Crippen molar-refractivity contribution >= 4 is 17.5 Å². The van der Waals surface area contributed by atoms with Gasteiger partial charge in [-0.2, -0.15) is 5.26 Å². The molecule has 0 aliphatic rings. The Morgan fingerprint density at radius 3 is 2.33 bits per heavy atom. The Morgan fingerprint density at radius 2 is 1.70 bits per heavy atom. The number of nitrogens with zero attached hydrogens (tertiary/aromatic N) is 2. The molecule has 0 radical (unpaired) electrons. The lowest BCUT2D eigenvalue weighted by atomic mass is 10.1. The van der Waals surface area contributed by atoms with Gasteiger partial charge in [0.1, 0.15) is 0 Å². The predicted molar refractivity (Wildman–Crippen MR) is 106 cm³/mol. The van der Waals surface area contributed by atoms with Crippen LogP contribution in [-0.2, 0) is 0 Å². The third-order valence-electron chi connectivity index (χ3n) is 4.27. The molecule has 2 N–H and O–H groups in total. The second kappa shape index (κ2) is 10.1. The summed E-state index contributed by atoms with van der Waals surface area (Å²) in [6, 6.07) is 15.2. The van der Waals surface area contributed by atoms with Gasteiger partial charge in [0.05, 0.1) is 11.6 Å². The van der Waals surface area contributed by atoms with Crippen molar-refractivity contribution in [2.75, 3.05) is 31.5 Å². The smallest absolute Gasteiger partial charge is 0.255 e. The van der Waals surface area contributed by atoms with Gasteiger partial charge in [-0.15, -0.1) is 0 Å². The zero-order valence-electron chi connectivity index (χ0n) is 15.7. The maximum Gasteiger partial charge on any atom is 0.255 e. The first-order valence-corrected chi connectivity index (χ1v) is 8.99. The van der Waals surface area contributed by atoms with E-state index in [1.807, 2.05) is 6.07 Å². The first-order chi connectivity index (χ1) is 13.1. The Morgan fingerprint density at radius 1 is 1.00 bits per heavy atom. The Hall–Kier alpha value is -3.17. The number of rotatable bonds is 8. The molecule has 0 aliphatic heterocycles. The molecule has 2 rings (SSSR count). The van der Waals surface area contributed by atoms with Crippen molar-refractivity contribution < 1.29 is 9.59 Å². The van der Waals surface area contributed by atoms with E-state index in [1.165, 1.54) is 6.07 Å². The minimum absolute atomic E-state index is 0.137. The molecule has 0 saturated carbocycles. The Bertz CT molecular complexity index is 821. The van der Waals surface area contributed by atoms with Crippen LogP contribution in [0.3, 0.4) is 0 Å². The number of nitriles is 1. The molecule has 6 heteroatoms. The number of nitrogens with one attached hydrogen (secondary N) is 2. The topological polar surface area (TPSA) is 85.2 Å². The Balaban J connectivity index is 1.91. The molecule has 2 aromatic rings. The summed E-state index contributed by atoms with van der Waals surface area (Å²) in [4.78, 5) is 26.7. The van der Waals surface area contributed by atoms with Gasteiger partial charge in [-0.05, 0) is 55.6 Å². The highest BCUT2D eigenvalue weighted by Crippen LogP contribution is 2.12. The van der Waals surface area contributed by atoms with Crippen LogP contribution in [0.5, 0.6) is 0 Å². The number of hydrogen-bond acceptors (Lipinski definition) is 4. The highest BCUT2D eigenvalue weighted by atomic mass is 16.2. The van der Waals surface area contributed by atoms with Crippen LogP contribution in [0.1, 0.15) is 40.1 Å². The molecule has 0 saturated heterocycles. The van der Waals surface area contributed by atoms with Gasteiger partial charge >= 0.3 is 0 Å². The lowest BCUT2D eigenvalue weighted by molar-refractivity contribution is 0.0948. The second-order valence-corrected chi connectivity index (χ2v) is 6.01. The molecule has 2 amide bonds. The first kappa shape index (κ1) is 20.1. The summed E-state index contributed by atoms with van der Waals surface area (Å²) in [5.41, 5.74) is 1.97. The molecule has 0 spiro atoms. The van der Waals surface area contributed by atoms with E-state index < -0.39 is 0 Å². The molecule has 2 aromatic carbocycles. The van der Waals surface area contributed by atoms with E-state index in [0.29, 0.717) is 28.9 Å². The largest absolute Gasteiger partial charge is 0.351 e. The van der Waals surface area contributed by atoms with Gasteiger partial charge in [0, 0.05) is 29.9 Å². The number of carbonyl (C=O) groups excluding carboxylic acids is 2. The molecule has 6 nitrogen and oxygen atoms in total. The lowest BCUT2D eigenvalue weighted by Gasteiger charge is -2.18. The predicted octanol–water partition coefficient (Wildman–Crippen LogP) is 2.88. The fourth-order valence-electron chi connectivity index (χ4n) is 2.61. The van der Waals surface area contributed by atoms with Gasteiger partial charge in [0.2, 0.25) is 0 Å². The van der Waals surface area contributed by atoms with Crippen molar-refractivity contribution in [3.8, 4) is 6.07 Å². The number of anilines is 1. The van der Waals surface area contributed by atoms with Gasteiger partial charge in [0.15, 0.2) is 0 Å². The maximum atomic E-state index is 12.3. The van der Waals surface area contributed by atoms with E-state index in [9.17, 15) is 9.59 Å². The highest BCUT2D eigenvalue weighted by molar-refractivity contribution is 6.04. The van der Waals surface area contributed by atoms with Crippen LogP contribution < -0.4 is 10.6 Å². The minimum atomic E-state index is -0.302. The van der Waals surface area contributed by atoms with E-state index in [-0.39, 0.29) is 11.8 Å². The third kappa shape index (κ3) is 5.94. The summed E-state index contributed by atoms with van der Waals surface area (Å²) >= 11 is 0. The third-order valence-corrected chi connectivity index (χ3v) is 4.27. The van der Waals surface area contributed by atoms with Gasteiger partial charge in [0.25, 0.3) is 11.8 Å². The molecule has 0 fully saturated rings. The standard InChI is InChI=1S/C21H24N4O2/c1-3-25(4-2)13-12-23-20(26)17-8-10-19(11-9-17)24-21(27)18-7-5-6-16(14-18)15-22/h5-11,14H,3-4,12-13H2,1-2H3,(H,23,26)(H,24,27). The van der Waals surface area contributed by atoms with Crippen molar-refractivity contribution in [3.63, 3.8) is 0 Å². The summed E-state index contributed by atoms with van der Waals surface area (Å²) in [6.45, 7) is 7.50. The summed E-state index contributed by atoms with van der Waals surface area (Å²) in [5.74, 6) is -0.440. The summed E-state index contributed by atoms with van der Waals surface area (Å²) in [6.07, 6.45) is 0. The molecule has 0 aromatic heterocycles. The van der Waals surface area contributed by atoms with Crippen LogP contribution in [0.2, 0.25) is 0 Å².